The molecule has 0 bridgehead atoms. The molecule has 0 unspecified atom stereocenters. The molecule has 4 nitrogen and oxygen atoms in total. The van der Waals surface area contributed by atoms with Crippen molar-refractivity contribution >= 4 is 5.78 Å². The number of aliphatic hydroxyl groups is 1. The van der Waals surface area contributed by atoms with E-state index in [0.29, 0.717) is 0 Å². The van der Waals surface area contributed by atoms with Crippen molar-refractivity contribution < 1.29 is 14.6 Å². The van der Waals surface area contributed by atoms with E-state index >= 15 is 0 Å². The minimum atomic E-state index is -1.06. The molecule has 1 heterocycles. The van der Waals surface area contributed by atoms with Crippen molar-refractivity contribution in [2.75, 3.05) is 0 Å². The zero-order chi connectivity index (χ0) is 8.43. The molecule has 1 rings (SSSR count). The van der Waals surface area contributed by atoms with Crippen LogP contribution in [0.4, 0.5) is 0 Å². The number of ketones is 1. The highest BCUT2D eigenvalue weighted by atomic mass is 16.5. The van der Waals surface area contributed by atoms with E-state index in [2.05, 4.69) is 0 Å². The second-order valence-electron chi connectivity index (χ2n) is 2.57. The van der Waals surface area contributed by atoms with Crippen molar-refractivity contribution in [3.63, 3.8) is 0 Å². The van der Waals surface area contributed by atoms with Crippen molar-refractivity contribution in [1.82, 2.24) is 0 Å². The van der Waals surface area contributed by atoms with Gasteiger partial charge in [-0.3, -0.25) is 4.79 Å². The molecule has 1 aliphatic rings. The van der Waals surface area contributed by atoms with Crippen LogP contribution in [0.3, 0.4) is 0 Å². The van der Waals surface area contributed by atoms with Gasteiger partial charge in [0.25, 0.3) is 0 Å². The van der Waals surface area contributed by atoms with Crippen molar-refractivity contribution in [1.29, 1.82) is 5.26 Å². The van der Waals surface area contributed by atoms with Gasteiger partial charge in [-0.2, -0.15) is 5.26 Å². The molecule has 0 aliphatic carbocycles. The Morgan fingerprint density at radius 1 is 1.82 bits per heavy atom. The molecular weight excluding hydrogens is 146 g/mol. The summed E-state index contributed by atoms with van der Waals surface area (Å²) in [5.74, 6) is -0.310. The van der Waals surface area contributed by atoms with Gasteiger partial charge in [0, 0.05) is 6.42 Å². The first-order chi connectivity index (χ1) is 5.15. The van der Waals surface area contributed by atoms with Crippen LogP contribution in [0.15, 0.2) is 0 Å². The zero-order valence-electron chi connectivity index (χ0n) is 6.15. The highest BCUT2D eigenvalue weighted by molar-refractivity contribution is 5.84. The lowest BCUT2D eigenvalue weighted by Crippen LogP contribution is -2.43. The molecule has 1 saturated heterocycles. The predicted octanol–water partition coefficient (Wildman–Crippen LogP) is -0.383. The molecule has 0 aromatic rings. The van der Waals surface area contributed by atoms with Gasteiger partial charge in [-0.15, -0.1) is 0 Å². The smallest absolute Gasteiger partial charge is 0.167 e. The second-order valence-corrected chi connectivity index (χ2v) is 2.57. The van der Waals surface area contributed by atoms with Crippen LogP contribution in [-0.2, 0) is 9.53 Å². The fraction of sp³-hybridized carbons (Fsp3) is 0.714. The van der Waals surface area contributed by atoms with Crippen LogP contribution in [0.25, 0.3) is 0 Å². The first-order valence-corrected chi connectivity index (χ1v) is 3.41. The molecule has 1 aliphatic heterocycles. The summed E-state index contributed by atoms with van der Waals surface area (Å²) in [4.78, 5) is 10.9. The van der Waals surface area contributed by atoms with Crippen molar-refractivity contribution in [3.8, 4) is 6.07 Å². The van der Waals surface area contributed by atoms with Crippen LogP contribution in [0.1, 0.15) is 13.3 Å². The molecule has 0 saturated carbocycles. The third-order valence-electron chi connectivity index (χ3n) is 1.68. The molecule has 0 aromatic heterocycles. The Labute approximate surface area is 64.4 Å². The minimum absolute atomic E-state index is 0.00199. The van der Waals surface area contributed by atoms with E-state index in [-0.39, 0.29) is 12.2 Å². The maximum Gasteiger partial charge on any atom is 0.167 e. The summed E-state index contributed by atoms with van der Waals surface area (Å²) in [7, 11) is 0. The van der Waals surface area contributed by atoms with Gasteiger partial charge in [0.1, 0.15) is 6.10 Å². The maximum absolute atomic E-state index is 10.9. The van der Waals surface area contributed by atoms with Gasteiger partial charge in [-0.1, -0.05) is 0 Å². The zero-order valence-corrected chi connectivity index (χ0v) is 6.15. The standard InChI is InChI=1S/C7H9NO3/c1-4-7(10)6(9)2-5(3-8)11-4/h4-5,7,10H,2H2,1H3/t4-,5-,7-/m0/s1. The average molecular weight is 155 g/mol. The predicted molar refractivity (Wildman–Crippen MR) is 35.6 cm³/mol. The van der Waals surface area contributed by atoms with E-state index in [1.165, 1.54) is 0 Å². The van der Waals surface area contributed by atoms with E-state index in [1.54, 1.807) is 6.92 Å². The summed E-state index contributed by atoms with van der Waals surface area (Å²) in [5.41, 5.74) is 0. The van der Waals surface area contributed by atoms with Crippen molar-refractivity contribution in [2.45, 2.75) is 31.7 Å². The number of carbonyl (C=O) groups excluding carboxylic acids is 1. The number of hydrogen-bond acceptors (Lipinski definition) is 4. The second kappa shape index (κ2) is 2.99. The first-order valence-electron chi connectivity index (χ1n) is 3.41. The Morgan fingerprint density at radius 2 is 2.45 bits per heavy atom. The van der Waals surface area contributed by atoms with Crippen LogP contribution in [-0.4, -0.2) is 29.2 Å². The lowest BCUT2D eigenvalue weighted by molar-refractivity contribution is -0.150. The van der Waals surface area contributed by atoms with E-state index in [4.69, 9.17) is 15.1 Å². The molecular formula is C7H9NO3. The van der Waals surface area contributed by atoms with Gasteiger partial charge in [0.05, 0.1) is 12.2 Å². The Balaban J connectivity index is 2.64. The van der Waals surface area contributed by atoms with Crippen LogP contribution in [0.2, 0.25) is 0 Å². The number of carbonyl (C=O) groups is 1. The molecule has 1 fully saturated rings. The number of ether oxygens (including phenoxy) is 1. The molecule has 1 N–H and O–H groups in total. The fourth-order valence-electron chi connectivity index (χ4n) is 1.02. The van der Waals surface area contributed by atoms with Gasteiger partial charge < -0.3 is 9.84 Å². The third-order valence-corrected chi connectivity index (χ3v) is 1.68. The van der Waals surface area contributed by atoms with E-state index in [1.807, 2.05) is 6.07 Å². The Hall–Kier alpha value is -0.920. The molecule has 0 amide bonds. The largest absolute Gasteiger partial charge is 0.383 e. The van der Waals surface area contributed by atoms with E-state index in [9.17, 15) is 4.79 Å². The number of hydrogen-bond donors (Lipinski definition) is 1. The lowest BCUT2D eigenvalue weighted by atomic mass is 10.0. The van der Waals surface area contributed by atoms with Crippen molar-refractivity contribution in [2.24, 2.45) is 0 Å². The molecule has 0 spiro atoms. The summed E-state index contributed by atoms with van der Waals surface area (Å²) in [6, 6.07) is 1.83. The quantitative estimate of drug-likeness (QED) is 0.517. The monoisotopic (exact) mass is 155 g/mol. The summed E-state index contributed by atoms with van der Waals surface area (Å²) in [6.07, 6.45) is -2.29. The third kappa shape index (κ3) is 1.56. The topological polar surface area (TPSA) is 70.3 Å². The van der Waals surface area contributed by atoms with Crippen LogP contribution >= 0.6 is 0 Å². The van der Waals surface area contributed by atoms with Gasteiger partial charge in [-0.05, 0) is 6.92 Å². The van der Waals surface area contributed by atoms with Crippen molar-refractivity contribution in [3.05, 3.63) is 0 Å². The van der Waals surface area contributed by atoms with Crippen LogP contribution in [0, 0.1) is 11.3 Å². The Bertz CT molecular complexity index is 208. The van der Waals surface area contributed by atoms with Gasteiger partial charge in [0.2, 0.25) is 0 Å². The highest BCUT2D eigenvalue weighted by Gasteiger charge is 2.33. The minimum Gasteiger partial charge on any atom is -0.383 e. The molecule has 4 heteroatoms. The highest BCUT2D eigenvalue weighted by Crippen LogP contribution is 2.15. The number of Topliss-reactive ketones (excluding diaryl/α,β-unsaturated/α-hetero) is 1. The molecule has 3 atom stereocenters. The summed E-state index contributed by atoms with van der Waals surface area (Å²) < 4.78 is 4.99. The number of nitriles is 1. The number of rotatable bonds is 0. The van der Waals surface area contributed by atoms with Crippen LogP contribution in [0.5, 0.6) is 0 Å². The van der Waals surface area contributed by atoms with Crippen LogP contribution < -0.4 is 0 Å². The number of nitrogens with zero attached hydrogens (tertiary/aromatic N) is 1. The molecule has 11 heavy (non-hydrogen) atoms. The van der Waals surface area contributed by atoms with E-state index in [0.717, 1.165) is 0 Å². The van der Waals surface area contributed by atoms with E-state index < -0.39 is 18.3 Å². The first kappa shape index (κ1) is 8.18. The molecule has 60 valence electrons. The Morgan fingerprint density at radius 3 is 2.91 bits per heavy atom. The maximum atomic E-state index is 10.9. The molecule has 0 aromatic carbocycles. The normalized spacial score (nSPS) is 38.3. The molecule has 0 radical (unpaired) electrons. The summed E-state index contributed by atoms with van der Waals surface area (Å²) in [6.45, 7) is 1.58. The van der Waals surface area contributed by atoms with Gasteiger partial charge in [0.15, 0.2) is 11.9 Å². The number of aliphatic hydroxyl groups excluding tert-OH is 1. The Kier molecular flexibility index (Phi) is 2.22. The summed E-state index contributed by atoms with van der Waals surface area (Å²) >= 11 is 0. The fourth-order valence-corrected chi connectivity index (χ4v) is 1.02. The lowest BCUT2D eigenvalue weighted by Gasteiger charge is -2.26. The average Bonchev–Trinajstić information content (AvgIpc) is 1.99. The summed E-state index contributed by atoms with van der Waals surface area (Å²) in [5, 5.41) is 17.5. The van der Waals surface area contributed by atoms with Gasteiger partial charge in [-0.25, -0.2) is 0 Å². The SMILES string of the molecule is C[C@@H]1O[C@H](C#N)CC(=O)[C@H]1O. The van der Waals surface area contributed by atoms with Gasteiger partial charge >= 0.3 is 0 Å².